The summed E-state index contributed by atoms with van der Waals surface area (Å²) in [5.41, 5.74) is 2.31. The minimum atomic E-state index is -0.451. The number of aliphatic imine (C=N–C) groups is 1. The summed E-state index contributed by atoms with van der Waals surface area (Å²) in [7, 11) is 1.58. The zero-order valence-corrected chi connectivity index (χ0v) is 16.3. The van der Waals surface area contributed by atoms with Gasteiger partial charge in [0.15, 0.2) is 5.82 Å². The number of hydrogen-bond donors (Lipinski definition) is 0. The molecule has 0 N–H and O–H groups in total. The predicted octanol–water partition coefficient (Wildman–Crippen LogP) is 3.84. The zero-order valence-electron chi connectivity index (χ0n) is 16.3. The molecule has 0 saturated heterocycles. The van der Waals surface area contributed by atoms with Gasteiger partial charge >= 0.3 is 0 Å². The SMILES string of the molecule is CC[C@@H](CC(=O)Cc1ncc2c(c1F)CN=C2OCCOC)c1ccccc1. The molecular formula is C22H25FN2O3. The van der Waals surface area contributed by atoms with Crippen LogP contribution in [0, 0.1) is 5.82 Å². The Labute approximate surface area is 164 Å². The van der Waals surface area contributed by atoms with Gasteiger partial charge in [-0.05, 0) is 17.9 Å². The van der Waals surface area contributed by atoms with Gasteiger partial charge in [0.25, 0.3) is 0 Å². The maximum absolute atomic E-state index is 14.9. The van der Waals surface area contributed by atoms with Crippen molar-refractivity contribution in [3.8, 4) is 0 Å². The number of carbonyl (C=O) groups is 1. The van der Waals surface area contributed by atoms with Crippen molar-refractivity contribution in [2.24, 2.45) is 4.99 Å². The van der Waals surface area contributed by atoms with Crippen LogP contribution >= 0.6 is 0 Å². The highest BCUT2D eigenvalue weighted by Crippen LogP contribution is 2.26. The van der Waals surface area contributed by atoms with Crippen molar-refractivity contribution in [2.45, 2.75) is 38.6 Å². The maximum atomic E-state index is 14.9. The second-order valence-corrected chi connectivity index (χ2v) is 6.81. The number of fused-ring (bicyclic) bond motifs is 1. The highest BCUT2D eigenvalue weighted by Gasteiger charge is 2.25. The fraction of sp³-hybridized carbons (Fsp3) is 0.409. The first kappa shape index (κ1) is 20.1. The number of Topliss-reactive ketones (excluding diaryl/α,β-unsaturated/α-hetero) is 1. The number of methoxy groups -OCH3 is 1. The highest BCUT2D eigenvalue weighted by atomic mass is 19.1. The number of rotatable bonds is 9. The normalized spacial score (nSPS) is 13.8. The molecule has 2 aromatic rings. The number of carbonyl (C=O) groups excluding carboxylic acids is 1. The number of hydrogen-bond acceptors (Lipinski definition) is 5. The first-order valence-electron chi connectivity index (χ1n) is 9.53. The number of ketones is 1. The van der Waals surface area contributed by atoms with Crippen LogP contribution in [0.3, 0.4) is 0 Å². The summed E-state index contributed by atoms with van der Waals surface area (Å²) in [5.74, 6) is 0.0481. The third kappa shape index (κ3) is 4.62. The summed E-state index contributed by atoms with van der Waals surface area (Å²) in [5, 5.41) is 0. The standard InChI is InChI=1S/C22H25FN2O3/c1-3-15(16-7-5-4-6-8-16)11-17(26)12-20-21(23)18-13-25-22(19(18)14-24-20)28-10-9-27-2/h4-8,14-15H,3,9-13H2,1-2H3/t15-/m0/s1. The molecule has 28 heavy (non-hydrogen) atoms. The molecule has 1 aromatic heterocycles. The van der Waals surface area contributed by atoms with Crippen molar-refractivity contribution in [1.82, 2.24) is 4.98 Å². The van der Waals surface area contributed by atoms with Crippen LogP contribution in [0.25, 0.3) is 0 Å². The number of benzene rings is 1. The molecule has 3 rings (SSSR count). The zero-order chi connectivity index (χ0) is 19.9. The predicted molar refractivity (Wildman–Crippen MR) is 105 cm³/mol. The lowest BCUT2D eigenvalue weighted by molar-refractivity contribution is -0.118. The van der Waals surface area contributed by atoms with E-state index < -0.39 is 5.82 Å². The molecule has 5 nitrogen and oxygen atoms in total. The summed E-state index contributed by atoms with van der Waals surface area (Å²) < 4.78 is 25.3. The van der Waals surface area contributed by atoms with E-state index >= 15 is 0 Å². The van der Waals surface area contributed by atoms with E-state index in [9.17, 15) is 9.18 Å². The monoisotopic (exact) mass is 384 g/mol. The van der Waals surface area contributed by atoms with Crippen molar-refractivity contribution in [1.29, 1.82) is 0 Å². The van der Waals surface area contributed by atoms with Gasteiger partial charge in [-0.2, -0.15) is 0 Å². The largest absolute Gasteiger partial charge is 0.475 e. The van der Waals surface area contributed by atoms with Crippen LogP contribution in [0.4, 0.5) is 4.39 Å². The smallest absolute Gasteiger partial charge is 0.218 e. The van der Waals surface area contributed by atoms with E-state index in [0.29, 0.717) is 36.7 Å². The van der Waals surface area contributed by atoms with E-state index in [0.717, 1.165) is 12.0 Å². The van der Waals surface area contributed by atoms with Crippen LogP contribution in [0.15, 0.2) is 41.5 Å². The Bertz CT molecular complexity index is 852. The molecule has 0 unspecified atom stereocenters. The van der Waals surface area contributed by atoms with Gasteiger partial charge in [-0.1, -0.05) is 37.3 Å². The van der Waals surface area contributed by atoms with Gasteiger partial charge in [-0.25, -0.2) is 9.38 Å². The lowest BCUT2D eigenvalue weighted by Gasteiger charge is -2.15. The molecule has 0 amide bonds. The van der Waals surface area contributed by atoms with Gasteiger partial charge < -0.3 is 9.47 Å². The Morgan fingerprint density at radius 3 is 2.75 bits per heavy atom. The van der Waals surface area contributed by atoms with Crippen molar-refractivity contribution in [2.75, 3.05) is 20.3 Å². The molecule has 0 spiro atoms. The van der Waals surface area contributed by atoms with E-state index in [-0.39, 0.29) is 30.4 Å². The second-order valence-electron chi connectivity index (χ2n) is 6.81. The van der Waals surface area contributed by atoms with E-state index in [1.807, 2.05) is 30.3 Å². The summed E-state index contributed by atoms with van der Waals surface area (Å²) in [6.45, 7) is 3.03. The van der Waals surface area contributed by atoms with Gasteiger partial charge in [0, 0.05) is 25.3 Å². The van der Waals surface area contributed by atoms with Crippen molar-refractivity contribution >= 4 is 11.7 Å². The molecule has 1 aromatic carbocycles. The summed E-state index contributed by atoms with van der Waals surface area (Å²) in [6, 6.07) is 9.94. The van der Waals surface area contributed by atoms with E-state index in [4.69, 9.17) is 9.47 Å². The summed E-state index contributed by atoms with van der Waals surface area (Å²) >= 11 is 0. The highest BCUT2D eigenvalue weighted by molar-refractivity contribution is 5.97. The van der Waals surface area contributed by atoms with Crippen LogP contribution in [0.1, 0.15) is 48.1 Å². The van der Waals surface area contributed by atoms with Gasteiger partial charge in [0.2, 0.25) is 5.90 Å². The quantitative estimate of drug-likeness (QED) is 0.617. The van der Waals surface area contributed by atoms with Gasteiger partial charge in [-0.3, -0.25) is 9.78 Å². The Morgan fingerprint density at radius 1 is 1.25 bits per heavy atom. The molecular weight excluding hydrogens is 359 g/mol. The molecule has 148 valence electrons. The summed E-state index contributed by atoms with van der Waals surface area (Å²) in [4.78, 5) is 21.0. The van der Waals surface area contributed by atoms with Crippen LogP contribution in [0.5, 0.6) is 0 Å². The van der Waals surface area contributed by atoms with Crippen LogP contribution in [0.2, 0.25) is 0 Å². The number of nitrogens with zero attached hydrogens (tertiary/aromatic N) is 2. The molecule has 0 saturated carbocycles. The molecule has 0 radical (unpaired) electrons. The van der Waals surface area contributed by atoms with Crippen molar-refractivity contribution in [3.05, 3.63) is 64.7 Å². The Morgan fingerprint density at radius 2 is 2.04 bits per heavy atom. The molecule has 6 heteroatoms. The minimum Gasteiger partial charge on any atom is -0.475 e. The van der Waals surface area contributed by atoms with Crippen LogP contribution in [-0.4, -0.2) is 37.0 Å². The molecule has 0 aliphatic carbocycles. The van der Waals surface area contributed by atoms with Gasteiger partial charge in [0.1, 0.15) is 12.4 Å². The first-order chi connectivity index (χ1) is 13.6. The number of pyridine rings is 1. The lowest BCUT2D eigenvalue weighted by Crippen LogP contribution is -2.14. The minimum absolute atomic E-state index is 0.0116. The Hall–Kier alpha value is -2.60. The average molecular weight is 384 g/mol. The molecule has 0 fully saturated rings. The molecule has 1 aliphatic heterocycles. The number of ether oxygens (including phenoxy) is 2. The average Bonchev–Trinajstić information content (AvgIpc) is 3.13. The second kappa shape index (κ2) is 9.55. The fourth-order valence-corrected chi connectivity index (χ4v) is 3.37. The third-order valence-corrected chi connectivity index (χ3v) is 4.93. The van der Waals surface area contributed by atoms with Crippen molar-refractivity contribution < 1.29 is 18.7 Å². The van der Waals surface area contributed by atoms with E-state index in [2.05, 4.69) is 16.9 Å². The van der Waals surface area contributed by atoms with E-state index in [1.165, 1.54) is 0 Å². The third-order valence-electron chi connectivity index (χ3n) is 4.93. The molecule has 0 bridgehead atoms. The maximum Gasteiger partial charge on any atom is 0.218 e. The van der Waals surface area contributed by atoms with Crippen molar-refractivity contribution in [3.63, 3.8) is 0 Å². The summed E-state index contributed by atoms with van der Waals surface area (Å²) in [6.07, 6.45) is 2.77. The Kier molecular flexibility index (Phi) is 6.87. The number of halogens is 1. The lowest BCUT2D eigenvalue weighted by atomic mass is 9.90. The molecule has 2 heterocycles. The molecule has 1 aliphatic rings. The first-order valence-corrected chi connectivity index (χ1v) is 9.53. The topological polar surface area (TPSA) is 60.8 Å². The van der Waals surface area contributed by atoms with Gasteiger partial charge in [-0.15, -0.1) is 0 Å². The number of aromatic nitrogens is 1. The van der Waals surface area contributed by atoms with E-state index in [1.54, 1.807) is 13.3 Å². The Balaban J connectivity index is 1.66. The van der Waals surface area contributed by atoms with Gasteiger partial charge in [0.05, 0.1) is 30.8 Å². The van der Waals surface area contributed by atoms with Crippen LogP contribution in [-0.2, 0) is 27.2 Å². The molecule has 1 atom stereocenters. The van der Waals surface area contributed by atoms with Crippen LogP contribution < -0.4 is 0 Å². The fourth-order valence-electron chi connectivity index (χ4n) is 3.37.